The second-order valence-electron chi connectivity index (χ2n) is 5.31. The minimum atomic E-state index is 0.417. The van der Waals surface area contributed by atoms with Crippen LogP contribution in [-0.4, -0.2) is 21.3 Å². The smallest absolute Gasteiger partial charge is 0.271 e. The molecule has 1 aromatic heterocycles. The van der Waals surface area contributed by atoms with Crippen molar-refractivity contribution in [3.8, 4) is 5.88 Å². The average molecular weight is 324 g/mol. The number of benzene rings is 1. The third-order valence-electron chi connectivity index (χ3n) is 3.84. The number of piperidine rings is 1. The highest BCUT2D eigenvalue weighted by atomic mass is 35.5. The lowest BCUT2D eigenvalue weighted by molar-refractivity contribution is 0.295. The van der Waals surface area contributed by atoms with E-state index < -0.39 is 0 Å². The maximum Gasteiger partial charge on any atom is 0.271 e. The number of nitrogens with zero attached hydrogens (tertiary/aromatic N) is 3. The Morgan fingerprint density at radius 2 is 2.19 bits per heavy atom. The molecule has 4 nitrogen and oxygen atoms in total. The molecule has 2 heterocycles. The van der Waals surface area contributed by atoms with Gasteiger partial charge in [-0.25, -0.2) is 0 Å². The quantitative estimate of drug-likeness (QED) is 0.847. The van der Waals surface area contributed by atoms with E-state index in [1.807, 2.05) is 24.3 Å². The van der Waals surface area contributed by atoms with Gasteiger partial charge in [-0.2, -0.15) is 4.37 Å². The number of halogens is 1. The van der Waals surface area contributed by atoms with Gasteiger partial charge in [0.25, 0.3) is 5.88 Å². The summed E-state index contributed by atoms with van der Waals surface area (Å²) in [6, 6.07) is 8.19. The van der Waals surface area contributed by atoms with Crippen molar-refractivity contribution in [3.05, 3.63) is 34.9 Å². The summed E-state index contributed by atoms with van der Waals surface area (Å²) in [7, 11) is 0. The third kappa shape index (κ3) is 3.30. The first-order valence-corrected chi connectivity index (χ1v) is 8.32. The minimum Gasteiger partial charge on any atom is -0.469 e. The molecule has 1 aliphatic rings. The molecule has 21 heavy (non-hydrogen) atoms. The number of ether oxygens (including phenoxy) is 1. The zero-order valence-corrected chi connectivity index (χ0v) is 13.5. The summed E-state index contributed by atoms with van der Waals surface area (Å²) in [5, 5.41) is 0.716. The van der Waals surface area contributed by atoms with Crippen molar-refractivity contribution >= 4 is 29.1 Å². The largest absolute Gasteiger partial charge is 0.469 e. The summed E-state index contributed by atoms with van der Waals surface area (Å²) in [6.07, 6.45) is 3.68. The lowest BCUT2D eigenvalue weighted by atomic mass is 10.0. The first kappa shape index (κ1) is 14.6. The Labute approximate surface area is 134 Å². The van der Waals surface area contributed by atoms with Crippen molar-refractivity contribution < 1.29 is 4.74 Å². The maximum atomic E-state index is 6.15. The Bertz CT molecular complexity index is 604. The SMILES string of the molecule is CC1CCCCN1c1nsnc1OCc1ccccc1Cl. The van der Waals surface area contributed by atoms with Crippen molar-refractivity contribution in [2.75, 3.05) is 11.4 Å². The molecule has 0 amide bonds. The molecular weight excluding hydrogens is 306 g/mol. The normalized spacial score (nSPS) is 18.8. The molecule has 3 rings (SSSR count). The topological polar surface area (TPSA) is 38.2 Å². The first-order chi connectivity index (χ1) is 10.3. The lowest BCUT2D eigenvalue weighted by Gasteiger charge is -2.33. The summed E-state index contributed by atoms with van der Waals surface area (Å²) in [5.74, 6) is 1.49. The molecule has 1 unspecified atom stereocenters. The average Bonchev–Trinajstić information content (AvgIpc) is 2.95. The molecule has 1 saturated heterocycles. The summed E-state index contributed by atoms with van der Waals surface area (Å²) >= 11 is 7.35. The minimum absolute atomic E-state index is 0.417. The van der Waals surface area contributed by atoms with E-state index in [9.17, 15) is 0 Å². The molecule has 2 aromatic rings. The molecular formula is C15H18ClN3OS. The van der Waals surface area contributed by atoms with Crippen LogP contribution in [0.15, 0.2) is 24.3 Å². The molecule has 1 aliphatic heterocycles. The van der Waals surface area contributed by atoms with E-state index in [1.54, 1.807) is 0 Å². The van der Waals surface area contributed by atoms with Crippen LogP contribution in [0.1, 0.15) is 31.7 Å². The molecule has 1 aromatic carbocycles. The van der Waals surface area contributed by atoms with Crippen molar-refractivity contribution in [2.45, 2.75) is 38.8 Å². The zero-order chi connectivity index (χ0) is 14.7. The lowest BCUT2D eigenvalue weighted by Crippen LogP contribution is -2.37. The predicted octanol–water partition coefficient (Wildman–Crippen LogP) is 4.15. The summed E-state index contributed by atoms with van der Waals surface area (Å²) < 4.78 is 14.6. The summed E-state index contributed by atoms with van der Waals surface area (Å²) in [5.41, 5.74) is 0.963. The highest BCUT2D eigenvalue weighted by Gasteiger charge is 2.24. The van der Waals surface area contributed by atoms with Gasteiger partial charge in [0.05, 0.1) is 11.7 Å². The standard InChI is InChI=1S/C15H18ClN3OS/c1-11-6-4-5-9-19(11)14-15(18-21-17-14)20-10-12-7-2-3-8-13(12)16/h2-3,7-8,11H,4-6,9-10H2,1H3. The van der Waals surface area contributed by atoms with Crippen LogP contribution in [0.2, 0.25) is 5.02 Å². The monoisotopic (exact) mass is 323 g/mol. The summed E-state index contributed by atoms with van der Waals surface area (Å²) in [6.45, 7) is 3.67. The van der Waals surface area contributed by atoms with Gasteiger partial charge in [-0.15, -0.1) is 4.37 Å². The van der Waals surface area contributed by atoms with E-state index in [-0.39, 0.29) is 0 Å². The Hall–Kier alpha value is -1.33. The molecule has 1 atom stereocenters. The second kappa shape index (κ2) is 6.62. The van der Waals surface area contributed by atoms with Gasteiger partial charge in [0, 0.05) is 23.2 Å². The van der Waals surface area contributed by atoms with Gasteiger partial charge in [0.2, 0.25) is 5.82 Å². The Morgan fingerprint density at radius 1 is 1.33 bits per heavy atom. The zero-order valence-electron chi connectivity index (χ0n) is 12.0. The Balaban J connectivity index is 1.72. The Kier molecular flexibility index (Phi) is 4.60. The van der Waals surface area contributed by atoms with Crippen LogP contribution < -0.4 is 9.64 Å². The van der Waals surface area contributed by atoms with Gasteiger partial charge in [-0.3, -0.25) is 0 Å². The van der Waals surface area contributed by atoms with Crippen molar-refractivity contribution in [2.24, 2.45) is 0 Å². The van der Waals surface area contributed by atoms with Gasteiger partial charge in [-0.05, 0) is 32.3 Å². The van der Waals surface area contributed by atoms with E-state index in [0.717, 1.165) is 17.9 Å². The van der Waals surface area contributed by atoms with Gasteiger partial charge in [0.15, 0.2) is 0 Å². The van der Waals surface area contributed by atoms with Crippen LogP contribution in [0.3, 0.4) is 0 Å². The molecule has 112 valence electrons. The number of anilines is 1. The fraction of sp³-hybridized carbons (Fsp3) is 0.467. The summed E-state index contributed by atoms with van der Waals surface area (Å²) in [4.78, 5) is 2.30. The van der Waals surface area contributed by atoms with Crippen LogP contribution in [0.5, 0.6) is 5.88 Å². The molecule has 0 bridgehead atoms. The van der Waals surface area contributed by atoms with Crippen molar-refractivity contribution in [1.29, 1.82) is 0 Å². The van der Waals surface area contributed by atoms with Gasteiger partial charge >= 0.3 is 0 Å². The second-order valence-corrected chi connectivity index (χ2v) is 6.25. The van der Waals surface area contributed by atoms with Crippen LogP contribution >= 0.6 is 23.3 Å². The highest BCUT2D eigenvalue weighted by Crippen LogP contribution is 2.31. The fourth-order valence-corrected chi connectivity index (χ4v) is 3.32. The van der Waals surface area contributed by atoms with Crippen LogP contribution in [0.25, 0.3) is 0 Å². The van der Waals surface area contributed by atoms with Crippen LogP contribution in [-0.2, 0) is 6.61 Å². The molecule has 1 fully saturated rings. The van der Waals surface area contributed by atoms with Gasteiger partial charge in [-0.1, -0.05) is 29.8 Å². The molecule has 0 aliphatic carbocycles. The van der Waals surface area contributed by atoms with E-state index in [4.69, 9.17) is 16.3 Å². The third-order valence-corrected chi connectivity index (χ3v) is 4.71. The first-order valence-electron chi connectivity index (χ1n) is 7.21. The number of hydrogen-bond donors (Lipinski definition) is 0. The number of aromatic nitrogens is 2. The van der Waals surface area contributed by atoms with E-state index in [0.29, 0.717) is 23.6 Å². The van der Waals surface area contributed by atoms with E-state index >= 15 is 0 Å². The maximum absolute atomic E-state index is 6.15. The molecule has 0 saturated carbocycles. The molecule has 6 heteroatoms. The molecule has 0 spiro atoms. The van der Waals surface area contributed by atoms with Crippen molar-refractivity contribution in [1.82, 2.24) is 8.75 Å². The number of rotatable bonds is 4. The predicted molar refractivity (Wildman–Crippen MR) is 86.4 cm³/mol. The number of hydrogen-bond acceptors (Lipinski definition) is 5. The molecule has 0 radical (unpaired) electrons. The Morgan fingerprint density at radius 3 is 3.00 bits per heavy atom. The van der Waals surface area contributed by atoms with Crippen LogP contribution in [0, 0.1) is 0 Å². The van der Waals surface area contributed by atoms with E-state index in [1.165, 1.54) is 31.0 Å². The fourth-order valence-electron chi connectivity index (χ4n) is 2.62. The van der Waals surface area contributed by atoms with Crippen molar-refractivity contribution in [3.63, 3.8) is 0 Å². The van der Waals surface area contributed by atoms with E-state index in [2.05, 4.69) is 20.6 Å². The van der Waals surface area contributed by atoms with Gasteiger partial charge < -0.3 is 9.64 Å². The van der Waals surface area contributed by atoms with Crippen LogP contribution in [0.4, 0.5) is 5.82 Å². The molecule has 0 N–H and O–H groups in total. The van der Waals surface area contributed by atoms with Gasteiger partial charge in [0.1, 0.15) is 6.61 Å². The highest BCUT2D eigenvalue weighted by molar-refractivity contribution is 6.99.